The number of hydrogen-bond acceptors (Lipinski definition) is 4. The highest BCUT2D eigenvalue weighted by Crippen LogP contribution is 2.43. The van der Waals surface area contributed by atoms with Crippen LogP contribution >= 0.6 is 11.6 Å². The molecule has 4 nitrogen and oxygen atoms in total. The summed E-state index contributed by atoms with van der Waals surface area (Å²) < 4.78 is 5.42. The minimum absolute atomic E-state index is 0.0199. The maximum Gasteiger partial charge on any atom is 0.205 e. The molecule has 21 heavy (non-hydrogen) atoms. The van der Waals surface area contributed by atoms with Crippen molar-refractivity contribution in [2.24, 2.45) is 5.73 Å². The molecular formula is C16H13ClN2O2. The van der Waals surface area contributed by atoms with Gasteiger partial charge in [0.05, 0.1) is 0 Å². The number of carbonyl (C=O) groups excluding carboxylic acids is 1. The normalized spacial score (nSPS) is 21.7. The molecule has 1 aliphatic carbocycles. The molecule has 0 unspecified atom stereocenters. The lowest BCUT2D eigenvalue weighted by Crippen LogP contribution is -2.26. The summed E-state index contributed by atoms with van der Waals surface area (Å²) >= 11 is 5.92. The van der Waals surface area contributed by atoms with E-state index in [1.54, 1.807) is 12.1 Å². The van der Waals surface area contributed by atoms with Crippen molar-refractivity contribution < 1.29 is 9.53 Å². The summed E-state index contributed by atoms with van der Waals surface area (Å²) in [6.07, 6.45) is 1.96. The summed E-state index contributed by atoms with van der Waals surface area (Å²) in [6, 6.07) is 9.36. The summed E-state index contributed by atoms with van der Waals surface area (Å²) in [5.41, 5.74) is 7.93. The lowest BCUT2D eigenvalue weighted by molar-refractivity contribution is -0.119. The molecule has 0 aromatic heterocycles. The highest BCUT2D eigenvalue weighted by Gasteiger charge is 2.36. The van der Waals surface area contributed by atoms with Gasteiger partial charge in [0.15, 0.2) is 11.5 Å². The van der Waals surface area contributed by atoms with E-state index in [0.717, 1.165) is 24.0 Å². The number of allylic oxidation sites excluding steroid dienone is 3. The van der Waals surface area contributed by atoms with Gasteiger partial charge in [-0.3, -0.25) is 4.79 Å². The number of nitrogens with zero attached hydrogens (tertiary/aromatic N) is 1. The van der Waals surface area contributed by atoms with Gasteiger partial charge in [-0.15, -0.1) is 0 Å². The Hall–Kier alpha value is -2.25. The predicted molar refractivity (Wildman–Crippen MR) is 78.0 cm³/mol. The van der Waals surface area contributed by atoms with Crippen LogP contribution in [0.1, 0.15) is 30.7 Å². The molecule has 0 bridgehead atoms. The van der Waals surface area contributed by atoms with Crippen LogP contribution in [-0.4, -0.2) is 5.78 Å². The molecule has 0 fully saturated rings. The van der Waals surface area contributed by atoms with E-state index in [4.69, 9.17) is 22.1 Å². The van der Waals surface area contributed by atoms with Crippen molar-refractivity contribution in [2.45, 2.75) is 25.2 Å². The molecular weight excluding hydrogens is 288 g/mol. The van der Waals surface area contributed by atoms with Gasteiger partial charge in [0.2, 0.25) is 5.88 Å². The van der Waals surface area contributed by atoms with Crippen molar-refractivity contribution in [3.63, 3.8) is 0 Å². The fraction of sp³-hybridized carbons (Fsp3) is 0.250. The summed E-state index contributed by atoms with van der Waals surface area (Å²) in [4.78, 5) is 12.0. The van der Waals surface area contributed by atoms with Crippen LogP contribution < -0.4 is 5.73 Å². The van der Waals surface area contributed by atoms with Gasteiger partial charge in [-0.25, -0.2) is 0 Å². The van der Waals surface area contributed by atoms with Gasteiger partial charge in [0, 0.05) is 17.4 Å². The number of rotatable bonds is 1. The number of halogens is 1. The molecule has 3 rings (SSSR count). The molecule has 0 amide bonds. The molecule has 0 radical (unpaired) electrons. The Balaban J connectivity index is 2.16. The minimum Gasteiger partial charge on any atom is -0.437 e. The number of carbonyl (C=O) groups is 1. The van der Waals surface area contributed by atoms with E-state index in [1.807, 2.05) is 12.1 Å². The highest BCUT2D eigenvalue weighted by molar-refractivity contribution is 6.30. The summed E-state index contributed by atoms with van der Waals surface area (Å²) in [7, 11) is 0. The van der Waals surface area contributed by atoms with Gasteiger partial charge in [-0.2, -0.15) is 5.26 Å². The Morgan fingerprint density at radius 1 is 1.29 bits per heavy atom. The Morgan fingerprint density at radius 2 is 2.00 bits per heavy atom. The maximum atomic E-state index is 12.0. The van der Waals surface area contributed by atoms with Gasteiger partial charge >= 0.3 is 0 Å². The molecule has 106 valence electrons. The molecule has 1 aromatic carbocycles. The Labute approximate surface area is 127 Å². The molecule has 5 heteroatoms. The van der Waals surface area contributed by atoms with Crippen molar-refractivity contribution in [3.05, 3.63) is 57.6 Å². The smallest absolute Gasteiger partial charge is 0.205 e. The topological polar surface area (TPSA) is 76.1 Å². The first-order chi connectivity index (χ1) is 10.1. The highest BCUT2D eigenvalue weighted by atomic mass is 35.5. The van der Waals surface area contributed by atoms with Crippen molar-refractivity contribution in [1.82, 2.24) is 0 Å². The van der Waals surface area contributed by atoms with Crippen molar-refractivity contribution >= 4 is 17.4 Å². The van der Waals surface area contributed by atoms with E-state index >= 15 is 0 Å². The zero-order chi connectivity index (χ0) is 15.0. The fourth-order valence-electron chi connectivity index (χ4n) is 2.87. The Bertz CT molecular complexity index is 711. The van der Waals surface area contributed by atoms with Crippen LogP contribution in [0.4, 0.5) is 0 Å². The van der Waals surface area contributed by atoms with Crippen LogP contribution in [0.15, 0.2) is 47.1 Å². The van der Waals surface area contributed by atoms with Crippen LogP contribution in [0.25, 0.3) is 0 Å². The molecule has 2 aliphatic rings. The molecule has 0 saturated heterocycles. The van der Waals surface area contributed by atoms with E-state index in [1.165, 1.54) is 0 Å². The molecule has 1 atom stereocenters. The molecule has 1 heterocycles. The first-order valence-corrected chi connectivity index (χ1v) is 7.09. The lowest BCUT2D eigenvalue weighted by Gasteiger charge is -2.31. The average Bonchev–Trinajstić information content (AvgIpc) is 2.48. The first kappa shape index (κ1) is 13.7. The van der Waals surface area contributed by atoms with Crippen LogP contribution in [0, 0.1) is 11.3 Å². The fourth-order valence-corrected chi connectivity index (χ4v) is 2.99. The van der Waals surface area contributed by atoms with Crippen molar-refractivity contribution in [2.75, 3.05) is 0 Å². The van der Waals surface area contributed by atoms with Crippen molar-refractivity contribution in [1.29, 1.82) is 5.26 Å². The van der Waals surface area contributed by atoms with Crippen LogP contribution in [-0.2, 0) is 9.53 Å². The number of ketones is 1. The quantitative estimate of drug-likeness (QED) is 0.864. The van der Waals surface area contributed by atoms with Gasteiger partial charge in [-0.1, -0.05) is 23.7 Å². The second-order valence-corrected chi connectivity index (χ2v) is 5.54. The standard InChI is InChI=1S/C16H13ClN2O2/c17-10-6-4-9(5-7-10)14-11-2-1-3-13(20)15(11)21-16(19)12(14)8-18/h4-7,14H,1-3,19H2/t14-/m1/s1. The average molecular weight is 301 g/mol. The second kappa shape index (κ2) is 5.27. The molecule has 2 N–H and O–H groups in total. The number of nitrogens with two attached hydrogens (primary N) is 1. The van der Waals surface area contributed by atoms with Crippen LogP contribution in [0.5, 0.6) is 0 Å². The van der Waals surface area contributed by atoms with Gasteiger partial charge < -0.3 is 10.5 Å². The maximum absolute atomic E-state index is 12.0. The van der Waals surface area contributed by atoms with Crippen molar-refractivity contribution in [3.8, 4) is 6.07 Å². The number of nitriles is 1. The number of hydrogen-bond donors (Lipinski definition) is 1. The SMILES string of the molecule is N#CC1=C(N)OC2=C(CCCC2=O)[C@H]1c1ccc(Cl)cc1. The zero-order valence-electron chi connectivity index (χ0n) is 11.2. The minimum atomic E-state index is -0.319. The molecule has 1 aliphatic heterocycles. The largest absolute Gasteiger partial charge is 0.437 e. The van der Waals surface area contributed by atoms with Gasteiger partial charge in [0.1, 0.15) is 11.6 Å². The predicted octanol–water partition coefficient (Wildman–Crippen LogP) is 3.15. The second-order valence-electron chi connectivity index (χ2n) is 5.11. The number of benzene rings is 1. The summed E-state index contributed by atoms with van der Waals surface area (Å²) in [5.74, 6) is -0.0282. The van der Waals surface area contributed by atoms with Crippen LogP contribution in [0.3, 0.4) is 0 Å². The van der Waals surface area contributed by atoms with E-state index in [0.29, 0.717) is 22.8 Å². The molecule has 1 aromatic rings. The van der Waals surface area contributed by atoms with E-state index in [9.17, 15) is 10.1 Å². The molecule has 0 spiro atoms. The third-order valence-corrected chi connectivity index (χ3v) is 4.09. The van der Waals surface area contributed by atoms with E-state index < -0.39 is 0 Å². The monoisotopic (exact) mass is 300 g/mol. The van der Waals surface area contributed by atoms with Gasteiger partial charge in [0.25, 0.3) is 0 Å². The zero-order valence-corrected chi connectivity index (χ0v) is 12.0. The van der Waals surface area contributed by atoms with E-state index in [2.05, 4.69) is 6.07 Å². The summed E-state index contributed by atoms with van der Waals surface area (Å²) in [5, 5.41) is 10.0. The Kier molecular flexibility index (Phi) is 3.44. The lowest BCUT2D eigenvalue weighted by atomic mass is 9.78. The van der Waals surface area contributed by atoms with Gasteiger partial charge in [-0.05, 0) is 36.1 Å². The number of ether oxygens (including phenoxy) is 1. The summed E-state index contributed by atoms with van der Waals surface area (Å²) in [6.45, 7) is 0. The van der Waals surface area contributed by atoms with E-state index in [-0.39, 0.29) is 17.6 Å². The third kappa shape index (κ3) is 2.30. The molecule has 0 saturated carbocycles. The third-order valence-electron chi connectivity index (χ3n) is 3.83. The first-order valence-electron chi connectivity index (χ1n) is 6.71. The Morgan fingerprint density at radius 3 is 2.67 bits per heavy atom. The number of Topliss-reactive ketones (excluding diaryl/α,β-unsaturated/α-hetero) is 1. The van der Waals surface area contributed by atoms with Crippen LogP contribution in [0.2, 0.25) is 5.02 Å².